The molecule has 34 heavy (non-hydrogen) atoms. The second-order valence-corrected chi connectivity index (χ2v) is 8.37. The van der Waals surface area contributed by atoms with Crippen LogP contribution in [0.2, 0.25) is 0 Å². The van der Waals surface area contributed by atoms with Crippen LogP contribution in [-0.4, -0.2) is 70.1 Å². The Morgan fingerprint density at radius 3 is 2.47 bits per heavy atom. The van der Waals surface area contributed by atoms with Gasteiger partial charge in [-0.2, -0.15) is 0 Å². The van der Waals surface area contributed by atoms with E-state index >= 15 is 0 Å². The van der Waals surface area contributed by atoms with E-state index in [1.807, 2.05) is 24.3 Å². The molecule has 10 heteroatoms. The van der Waals surface area contributed by atoms with Crippen molar-refractivity contribution in [1.29, 1.82) is 0 Å². The van der Waals surface area contributed by atoms with Crippen molar-refractivity contribution in [2.45, 2.75) is 19.2 Å². The quantitative estimate of drug-likeness (QED) is 0.580. The summed E-state index contributed by atoms with van der Waals surface area (Å²) in [6.45, 7) is 2.51. The van der Waals surface area contributed by atoms with E-state index < -0.39 is 12.0 Å². The highest BCUT2D eigenvalue weighted by Crippen LogP contribution is 2.31. The van der Waals surface area contributed by atoms with Crippen LogP contribution in [0.3, 0.4) is 0 Å². The van der Waals surface area contributed by atoms with Crippen LogP contribution in [0.25, 0.3) is 10.9 Å². The van der Waals surface area contributed by atoms with Crippen LogP contribution in [0.5, 0.6) is 11.5 Å². The molecule has 5 rings (SSSR count). The van der Waals surface area contributed by atoms with Gasteiger partial charge in [-0.05, 0) is 24.3 Å². The van der Waals surface area contributed by atoms with E-state index in [-0.39, 0.29) is 24.6 Å². The molecule has 2 aliphatic heterocycles. The van der Waals surface area contributed by atoms with Crippen molar-refractivity contribution in [2.75, 3.05) is 32.8 Å². The Bertz CT molecular complexity index is 1300. The first-order valence-corrected chi connectivity index (χ1v) is 11.2. The smallest absolute Gasteiger partial charge is 0.267 e. The number of nitrogens with two attached hydrogens (primary N) is 1. The van der Waals surface area contributed by atoms with Gasteiger partial charge in [0, 0.05) is 26.2 Å². The van der Waals surface area contributed by atoms with Gasteiger partial charge in [0.2, 0.25) is 12.0 Å². The standard InChI is InChI=1S/C24H25N5O5/c25-21(30)13-29-22(26-17-6-2-1-5-16(17)23(29)31)14-27-9-11-28(12-10-27)24(32)20-15-33-18-7-3-4-8-19(18)34-20/h1-8,20H,9-15H2,(H2,25,30)/t20-/m0/s1. The van der Waals surface area contributed by atoms with E-state index in [9.17, 15) is 14.4 Å². The van der Waals surface area contributed by atoms with Gasteiger partial charge < -0.3 is 20.1 Å². The molecule has 0 saturated carbocycles. The Kier molecular flexibility index (Phi) is 5.89. The van der Waals surface area contributed by atoms with Gasteiger partial charge in [0.25, 0.3) is 11.5 Å². The number of carbonyl (C=O) groups excluding carboxylic acids is 2. The van der Waals surface area contributed by atoms with Crippen LogP contribution in [0.15, 0.2) is 53.3 Å². The summed E-state index contributed by atoms with van der Waals surface area (Å²) in [7, 11) is 0. The highest BCUT2D eigenvalue weighted by Gasteiger charge is 2.33. The van der Waals surface area contributed by atoms with E-state index in [2.05, 4.69) is 9.88 Å². The number of aromatic nitrogens is 2. The topological polar surface area (TPSA) is 120 Å². The molecular formula is C24H25N5O5. The number of hydrogen-bond donors (Lipinski definition) is 1. The number of ether oxygens (including phenoxy) is 2. The van der Waals surface area contributed by atoms with Gasteiger partial charge in [0.15, 0.2) is 11.5 Å². The van der Waals surface area contributed by atoms with Gasteiger partial charge in [-0.15, -0.1) is 0 Å². The summed E-state index contributed by atoms with van der Waals surface area (Å²) >= 11 is 0. The molecule has 0 spiro atoms. The van der Waals surface area contributed by atoms with E-state index in [0.29, 0.717) is 61.0 Å². The van der Waals surface area contributed by atoms with E-state index in [1.165, 1.54) is 4.57 Å². The number of piperazine rings is 1. The average Bonchev–Trinajstić information content (AvgIpc) is 2.86. The lowest BCUT2D eigenvalue weighted by Gasteiger charge is -2.37. The van der Waals surface area contributed by atoms with Crippen LogP contribution in [-0.2, 0) is 22.7 Å². The molecule has 2 N–H and O–H groups in total. The van der Waals surface area contributed by atoms with Crippen molar-refractivity contribution in [3.05, 3.63) is 64.7 Å². The summed E-state index contributed by atoms with van der Waals surface area (Å²) in [5, 5.41) is 0.444. The summed E-state index contributed by atoms with van der Waals surface area (Å²) in [5.74, 6) is 0.973. The number of primary amides is 1. The molecule has 3 aromatic rings. The largest absolute Gasteiger partial charge is 0.485 e. The normalized spacial score (nSPS) is 18.1. The highest BCUT2D eigenvalue weighted by atomic mass is 16.6. The molecule has 0 radical (unpaired) electrons. The van der Waals surface area contributed by atoms with Gasteiger partial charge in [-0.1, -0.05) is 24.3 Å². The van der Waals surface area contributed by atoms with E-state index in [1.54, 1.807) is 29.2 Å². The Morgan fingerprint density at radius 2 is 1.71 bits per heavy atom. The van der Waals surface area contributed by atoms with Crippen LogP contribution in [0.4, 0.5) is 0 Å². The number of benzene rings is 2. The first-order chi connectivity index (χ1) is 16.5. The lowest BCUT2D eigenvalue weighted by atomic mass is 10.2. The summed E-state index contributed by atoms with van der Waals surface area (Å²) in [6.07, 6.45) is -0.677. The monoisotopic (exact) mass is 463 g/mol. The van der Waals surface area contributed by atoms with Crippen LogP contribution in [0.1, 0.15) is 5.82 Å². The molecule has 0 unspecified atom stereocenters. The number of hydrogen-bond acceptors (Lipinski definition) is 7. The second kappa shape index (κ2) is 9.14. The maximum Gasteiger partial charge on any atom is 0.267 e. The molecule has 1 aromatic heterocycles. The fourth-order valence-electron chi connectivity index (χ4n) is 4.32. The average molecular weight is 463 g/mol. The lowest BCUT2D eigenvalue weighted by molar-refractivity contribution is -0.143. The summed E-state index contributed by atoms with van der Waals surface area (Å²) in [6, 6.07) is 14.3. The van der Waals surface area contributed by atoms with Crippen molar-refractivity contribution >= 4 is 22.7 Å². The minimum atomic E-state index is -0.677. The molecular weight excluding hydrogens is 438 g/mol. The number of rotatable bonds is 5. The summed E-state index contributed by atoms with van der Waals surface area (Å²) < 4.78 is 12.9. The first kappa shape index (κ1) is 21.9. The van der Waals surface area contributed by atoms with Crippen LogP contribution < -0.4 is 20.8 Å². The Morgan fingerprint density at radius 1 is 1.00 bits per heavy atom. The van der Waals surface area contributed by atoms with Gasteiger partial charge in [-0.3, -0.25) is 23.9 Å². The minimum absolute atomic E-state index is 0.108. The molecule has 3 heterocycles. The summed E-state index contributed by atoms with van der Waals surface area (Å²) in [5.41, 5.74) is 5.67. The van der Waals surface area contributed by atoms with Gasteiger partial charge in [0.05, 0.1) is 17.4 Å². The minimum Gasteiger partial charge on any atom is -0.485 e. The second-order valence-electron chi connectivity index (χ2n) is 8.37. The van der Waals surface area contributed by atoms with Crippen LogP contribution in [0, 0.1) is 0 Å². The lowest BCUT2D eigenvalue weighted by Crippen LogP contribution is -2.54. The Labute approximate surface area is 195 Å². The number of carbonyl (C=O) groups is 2. The van der Waals surface area contributed by atoms with Gasteiger partial charge >= 0.3 is 0 Å². The molecule has 2 aliphatic rings. The van der Waals surface area contributed by atoms with Crippen LogP contribution >= 0.6 is 0 Å². The van der Waals surface area contributed by atoms with Gasteiger partial charge in [-0.25, -0.2) is 4.98 Å². The number of fused-ring (bicyclic) bond motifs is 2. The molecule has 0 aliphatic carbocycles. The highest BCUT2D eigenvalue weighted by molar-refractivity contribution is 5.82. The maximum absolute atomic E-state index is 13.0. The fraction of sp³-hybridized carbons (Fsp3) is 0.333. The van der Waals surface area contributed by atoms with E-state index in [0.717, 1.165) is 0 Å². The van der Waals surface area contributed by atoms with Gasteiger partial charge in [0.1, 0.15) is 19.0 Å². The molecule has 2 amide bonds. The molecule has 10 nitrogen and oxygen atoms in total. The zero-order valence-electron chi connectivity index (χ0n) is 18.6. The predicted octanol–water partition coefficient (Wildman–Crippen LogP) is 0.366. The molecule has 0 bridgehead atoms. The molecule has 1 atom stereocenters. The third kappa shape index (κ3) is 4.32. The zero-order chi connectivity index (χ0) is 23.7. The third-order valence-corrected chi connectivity index (χ3v) is 6.09. The van der Waals surface area contributed by atoms with Crippen molar-refractivity contribution in [3.8, 4) is 11.5 Å². The maximum atomic E-state index is 13.0. The Balaban J connectivity index is 1.26. The fourth-order valence-corrected chi connectivity index (χ4v) is 4.32. The molecule has 2 aromatic carbocycles. The zero-order valence-corrected chi connectivity index (χ0v) is 18.6. The number of nitrogens with zero attached hydrogens (tertiary/aromatic N) is 4. The van der Waals surface area contributed by atoms with Crippen molar-refractivity contribution in [2.24, 2.45) is 5.73 Å². The Hall–Kier alpha value is -3.92. The van der Waals surface area contributed by atoms with Crippen molar-refractivity contribution in [3.63, 3.8) is 0 Å². The molecule has 176 valence electrons. The van der Waals surface area contributed by atoms with Crippen molar-refractivity contribution in [1.82, 2.24) is 19.4 Å². The molecule has 1 fully saturated rings. The summed E-state index contributed by atoms with van der Waals surface area (Å²) in [4.78, 5) is 46.0. The first-order valence-electron chi connectivity index (χ1n) is 11.2. The number of para-hydroxylation sites is 3. The third-order valence-electron chi connectivity index (χ3n) is 6.09. The van der Waals surface area contributed by atoms with Crippen molar-refractivity contribution < 1.29 is 19.1 Å². The SMILES string of the molecule is NC(=O)Cn1c(CN2CCN(C(=O)[C@@H]3COc4ccccc4O3)CC2)nc2ccccc2c1=O. The molecule has 1 saturated heterocycles. The van der Waals surface area contributed by atoms with E-state index in [4.69, 9.17) is 15.2 Å². The predicted molar refractivity (Wildman–Crippen MR) is 123 cm³/mol. The number of amides is 2.